The Balaban J connectivity index is 2.20. The number of likely N-dealkylation sites (N-methyl/N-ethyl adjacent to an activating group) is 1. The van der Waals surface area contributed by atoms with Crippen molar-refractivity contribution in [1.82, 2.24) is 14.5 Å². The lowest BCUT2D eigenvalue weighted by molar-refractivity contribution is -0.118. The summed E-state index contributed by atoms with van der Waals surface area (Å²) >= 11 is 0. The van der Waals surface area contributed by atoms with Crippen LogP contribution >= 0.6 is 0 Å². The van der Waals surface area contributed by atoms with Crippen LogP contribution in [0.25, 0.3) is 11.0 Å². The quantitative estimate of drug-likeness (QED) is 0.683. The Labute approximate surface area is 149 Å². The van der Waals surface area contributed by atoms with E-state index in [4.69, 9.17) is 10.5 Å². The minimum atomic E-state index is -0.284. The van der Waals surface area contributed by atoms with Gasteiger partial charge in [0.25, 0.3) is 0 Å². The van der Waals surface area contributed by atoms with E-state index in [-0.39, 0.29) is 18.4 Å². The van der Waals surface area contributed by atoms with Crippen molar-refractivity contribution >= 4 is 22.9 Å². The van der Waals surface area contributed by atoms with Crippen LogP contribution in [-0.4, -0.2) is 59.8 Å². The first-order chi connectivity index (χ1) is 12.1. The highest BCUT2D eigenvalue weighted by atomic mass is 16.5. The maximum Gasteiger partial charge on any atom is 0.229 e. The van der Waals surface area contributed by atoms with Gasteiger partial charge < -0.3 is 19.9 Å². The number of carbonyl (C=O) groups is 1. The first kappa shape index (κ1) is 19.4. The molecule has 1 amide bonds. The summed E-state index contributed by atoms with van der Waals surface area (Å²) in [6, 6.07) is 7.92. The molecule has 0 aliphatic heterocycles. The number of carbonyl (C=O) groups excluding carboxylic acids is 1. The van der Waals surface area contributed by atoms with E-state index in [1.807, 2.05) is 24.3 Å². The number of rotatable bonds is 10. The standard InChI is InChI=1S/C18H29N5O2/c1-4-22(5-2)10-11-23-16-9-7-6-8-15(16)20-18(23)21-17(24)12-14(13-19)25-3/h6-9,14H,4-5,10-13,19H2,1-3H3,(H,20,21,24). The molecule has 1 aromatic heterocycles. The van der Waals surface area contributed by atoms with Gasteiger partial charge in [0, 0.05) is 26.7 Å². The number of amides is 1. The minimum Gasteiger partial charge on any atom is -0.380 e. The first-order valence-corrected chi connectivity index (χ1v) is 8.83. The van der Waals surface area contributed by atoms with Gasteiger partial charge in [-0.15, -0.1) is 0 Å². The molecule has 2 aromatic rings. The second-order valence-corrected chi connectivity index (χ2v) is 5.95. The Hall–Kier alpha value is -1.96. The topological polar surface area (TPSA) is 85.4 Å². The largest absolute Gasteiger partial charge is 0.380 e. The third-order valence-corrected chi connectivity index (χ3v) is 4.45. The second-order valence-electron chi connectivity index (χ2n) is 5.95. The summed E-state index contributed by atoms with van der Waals surface area (Å²) in [5.74, 6) is 0.432. The minimum absolute atomic E-state index is 0.142. The molecule has 0 saturated heterocycles. The van der Waals surface area contributed by atoms with E-state index in [0.29, 0.717) is 12.5 Å². The van der Waals surface area contributed by atoms with Crippen molar-refractivity contribution in [3.8, 4) is 0 Å². The van der Waals surface area contributed by atoms with Crippen LogP contribution in [0.4, 0.5) is 5.95 Å². The second kappa shape index (κ2) is 9.50. The van der Waals surface area contributed by atoms with Crippen molar-refractivity contribution in [2.24, 2.45) is 5.73 Å². The van der Waals surface area contributed by atoms with Crippen molar-refractivity contribution in [2.45, 2.75) is 32.9 Å². The number of benzene rings is 1. The predicted octanol–water partition coefficient (Wildman–Crippen LogP) is 1.68. The molecule has 25 heavy (non-hydrogen) atoms. The summed E-state index contributed by atoms with van der Waals surface area (Å²) in [5, 5.41) is 2.92. The van der Waals surface area contributed by atoms with Crippen molar-refractivity contribution < 1.29 is 9.53 Å². The van der Waals surface area contributed by atoms with Crippen LogP contribution in [-0.2, 0) is 16.1 Å². The molecule has 0 fully saturated rings. The third-order valence-electron chi connectivity index (χ3n) is 4.45. The van der Waals surface area contributed by atoms with Crippen LogP contribution in [0, 0.1) is 0 Å². The van der Waals surface area contributed by atoms with Crippen LogP contribution in [0.2, 0.25) is 0 Å². The van der Waals surface area contributed by atoms with Crippen molar-refractivity contribution in [1.29, 1.82) is 0 Å². The number of aromatic nitrogens is 2. The molecule has 2 rings (SSSR count). The van der Waals surface area contributed by atoms with Gasteiger partial charge in [-0.3, -0.25) is 10.1 Å². The predicted molar refractivity (Wildman–Crippen MR) is 101 cm³/mol. The first-order valence-electron chi connectivity index (χ1n) is 8.83. The van der Waals surface area contributed by atoms with E-state index in [1.54, 1.807) is 7.11 Å². The summed E-state index contributed by atoms with van der Waals surface area (Å²) in [5.41, 5.74) is 7.49. The smallest absolute Gasteiger partial charge is 0.229 e. The maximum absolute atomic E-state index is 12.3. The number of ether oxygens (including phenoxy) is 1. The molecule has 1 atom stereocenters. The molecule has 138 valence electrons. The molecule has 0 bridgehead atoms. The van der Waals surface area contributed by atoms with Crippen molar-refractivity contribution in [2.75, 3.05) is 38.6 Å². The molecule has 7 heteroatoms. The molecule has 0 aliphatic carbocycles. The van der Waals surface area contributed by atoms with E-state index in [0.717, 1.165) is 37.2 Å². The van der Waals surface area contributed by atoms with Crippen LogP contribution in [0.5, 0.6) is 0 Å². The molecule has 7 nitrogen and oxygen atoms in total. The third kappa shape index (κ3) is 5.01. The SMILES string of the molecule is CCN(CC)CCn1c(NC(=O)CC(CN)OC)nc2ccccc21. The fourth-order valence-corrected chi connectivity index (χ4v) is 2.82. The summed E-state index contributed by atoms with van der Waals surface area (Å²) in [6.07, 6.45) is -0.0693. The van der Waals surface area contributed by atoms with Crippen LogP contribution < -0.4 is 11.1 Å². The maximum atomic E-state index is 12.3. The van der Waals surface area contributed by atoms with Gasteiger partial charge in [-0.05, 0) is 25.2 Å². The van der Waals surface area contributed by atoms with Gasteiger partial charge in [0.05, 0.1) is 23.6 Å². The molecule has 0 spiro atoms. The van der Waals surface area contributed by atoms with Gasteiger partial charge in [0.2, 0.25) is 11.9 Å². The molecular weight excluding hydrogens is 318 g/mol. The van der Waals surface area contributed by atoms with Crippen molar-refractivity contribution in [3.63, 3.8) is 0 Å². The number of nitrogens with one attached hydrogen (secondary N) is 1. The van der Waals surface area contributed by atoms with Gasteiger partial charge in [-0.1, -0.05) is 26.0 Å². The van der Waals surface area contributed by atoms with Crippen LogP contribution in [0.15, 0.2) is 24.3 Å². The lowest BCUT2D eigenvalue weighted by atomic mass is 10.2. The molecule has 1 unspecified atom stereocenters. The van der Waals surface area contributed by atoms with Gasteiger partial charge in [-0.2, -0.15) is 0 Å². The fourth-order valence-electron chi connectivity index (χ4n) is 2.82. The monoisotopic (exact) mass is 347 g/mol. The van der Waals surface area contributed by atoms with E-state index in [2.05, 4.69) is 33.6 Å². The Kier molecular flexibility index (Phi) is 7.36. The highest BCUT2D eigenvalue weighted by molar-refractivity contribution is 5.91. The fraction of sp³-hybridized carbons (Fsp3) is 0.556. The van der Waals surface area contributed by atoms with Crippen LogP contribution in [0.3, 0.4) is 0 Å². The summed E-state index contributed by atoms with van der Waals surface area (Å²) in [6.45, 7) is 8.27. The molecule has 1 aromatic carbocycles. The molecule has 0 radical (unpaired) electrons. The number of anilines is 1. The average Bonchev–Trinajstić information content (AvgIpc) is 2.97. The Morgan fingerprint density at radius 3 is 2.72 bits per heavy atom. The lowest BCUT2D eigenvalue weighted by Crippen LogP contribution is -2.30. The summed E-state index contributed by atoms with van der Waals surface area (Å²) < 4.78 is 7.25. The number of para-hydroxylation sites is 2. The lowest BCUT2D eigenvalue weighted by Gasteiger charge is -2.19. The van der Waals surface area contributed by atoms with E-state index in [1.165, 1.54) is 0 Å². The summed E-state index contributed by atoms with van der Waals surface area (Å²) in [4.78, 5) is 19.2. The molecule has 1 heterocycles. The molecule has 3 N–H and O–H groups in total. The normalized spacial score (nSPS) is 12.7. The Morgan fingerprint density at radius 1 is 1.36 bits per heavy atom. The highest BCUT2D eigenvalue weighted by Crippen LogP contribution is 2.20. The van der Waals surface area contributed by atoms with Gasteiger partial charge in [0.1, 0.15) is 0 Å². The zero-order chi connectivity index (χ0) is 18.2. The molecule has 0 saturated carbocycles. The molecular formula is C18H29N5O2. The zero-order valence-electron chi connectivity index (χ0n) is 15.4. The summed E-state index contributed by atoms with van der Waals surface area (Å²) in [7, 11) is 1.56. The van der Waals surface area contributed by atoms with Gasteiger partial charge in [0.15, 0.2) is 0 Å². The van der Waals surface area contributed by atoms with Crippen LogP contribution in [0.1, 0.15) is 20.3 Å². The van der Waals surface area contributed by atoms with Crippen molar-refractivity contribution in [3.05, 3.63) is 24.3 Å². The zero-order valence-corrected chi connectivity index (χ0v) is 15.4. The highest BCUT2D eigenvalue weighted by Gasteiger charge is 2.16. The molecule has 0 aliphatic rings. The van der Waals surface area contributed by atoms with E-state index >= 15 is 0 Å². The number of fused-ring (bicyclic) bond motifs is 1. The number of nitrogens with two attached hydrogens (primary N) is 1. The van der Waals surface area contributed by atoms with E-state index < -0.39 is 0 Å². The van der Waals surface area contributed by atoms with Gasteiger partial charge in [-0.25, -0.2) is 4.98 Å². The number of imidazole rings is 1. The Bertz CT molecular complexity index is 677. The number of hydrogen-bond acceptors (Lipinski definition) is 5. The van der Waals surface area contributed by atoms with E-state index in [9.17, 15) is 4.79 Å². The average molecular weight is 347 g/mol. The number of methoxy groups -OCH3 is 1. The van der Waals surface area contributed by atoms with Gasteiger partial charge >= 0.3 is 0 Å². The Morgan fingerprint density at radius 2 is 2.08 bits per heavy atom. The number of nitrogens with zero attached hydrogens (tertiary/aromatic N) is 3. The number of hydrogen-bond donors (Lipinski definition) is 2.